The Hall–Kier alpha value is -0.990. The van der Waals surface area contributed by atoms with Crippen molar-refractivity contribution in [2.24, 2.45) is 5.73 Å². The summed E-state index contributed by atoms with van der Waals surface area (Å²) in [4.78, 5) is 0. The van der Waals surface area contributed by atoms with E-state index in [4.69, 9.17) is 10.5 Å². The highest BCUT2D eigenvalue weighted by atomic mass is 35.5. The van der Waals surface area contributed by atoms with Gasteiger partial charge in [-0.25, -0.2) is 0 Å². The van der Waals surface area contributed by atoms with Crippen molar-refractivity contribution in [1.29, 1.82) is 0 Å². The average molecular weight is 228 g/mol. The minimum absolute atomic E-state index is 0. The SMILES string of the molecule is C=C(C)C[C@@H](N)c1ccc(OC)cc1.Cl. The molecule has 0 bridgehead atoms. The zero-order valence-corrected chi connectivity index (χ0v) is 10.0. The lowest BCUT2D eigenvalue weighted by Crippen LogP contribution is -2.10. The van der Waals surface area contributed by atoms with E-state index >= 15 is 0 Å². The molecule has 0 aliphatic rings. The van der Waals surface area contributed by atoms with Gasteiger partial charge in [-0.15, -0.1) is 19.0 Å². The zero-order valence-electron chi connectivity index (χ0n) is 9.19. The topological polar surface area (TPSA) is 35.2 Å². The molecule has 84 valence electrons. The van der Waals surface area contributed by atoms with E-state index in [1.54, 1.807) is 7.11 Å². The molecule has 2 N–H and O–H groups in total. The van der Waals surface area contributed by atoms with Crippen molar-refractivity contribution in [3.63, 3.8) is 0 Å². The second kappa shape index (κ2) is 6.49. The molecule has 1 aromatic rings. The molecular weight excluding hydrogens is 210 g/mol. The van der Waals surface area contributed by atoms with Crippen LogP contribution in [0.4, 0.5) is 0 Å². The summed E-state index contributed by atoms with van der Waals surface area (Å²) in [5, 5.41) is 0. The Morgan fingerprint density at radius 3 is 2.33 bits per heavy atom. The second-order valence-corrected chi connectivity index (χ2v) is 3.54. The highest BCUT2D eigenvalue weighted by Crippen LogP contribution is 2.20. The molecule has 3 heteroatoms. The summed E-state index contributed by atoms with van der Waals surface area (Å²) >= 11 is 0. The first-order valence-corrected chi connectivity index (χ1v) is 4.67. The standard InChI is InChI=1S/C12H17NO.ClH/c1-9(2)8-12(13)10-4-6-11(14-3)7-5-10;/h4-7,12H,1,8,13H2,2-3H3;1H/t12-;/m1./s1. The molecule has 0 saturated heterocycles. The van der Waals surface area contributed by atoms with E-state index in [-0.39, 0.29) is 18.4 Å². The van der Waals surface area contributed by atoms with Crippen LogP contribution in [0, 0.1) is 0 Å². The molecule has 0 unspecified atom stereocenters. The summed E-state index contributed by atoms with van der Waals surface area (Å²) in [6, 6.07) is 7.87. The quantitative estimate of drug-likeness (QED) is 0.803. The van der Waals surface area contributed by atoms with Gasteiger partial charge >= 0.3 is 0 Å². The fourth-order valence-electron chi connectivity index (χ4n) is 1.34. The lowest BCUT2D eigenvalue weighted by atomic mass is 10.0. The largest absolute Gasteiger partial charge is 0.497 e. The molecule has 1 aromatic carbocycles. The van der Waals surface area contributed by atoms with Crippen molar-refractivity contribution in [1.82, 2.24) is 0 Å². The molecule has 2 nitrogen and oxygen atoms in total. The van der Waals surface area contributed by atoms with Crippen molar-refractivity contribution < 1.29 is 4.74 Å². The van der Waals surface area contributed by atoms with E-state index < -0.39 is 0 Å². The summed E-state index contributed by atoms with van der Waals surface area (Å²) in [5.74, 6) is 0.858. The monoisotopic (exact) mass is 227 g/mol. The Balaban J connectivity index is 0.00000196. The van der Waals surface area contributed by atoms with Crippen LogP contribution < -0.4 is 10.5 Å². The van der Waals surface area contributed by atoms with Gasteiger partial charge in [0, 0.05) is 6.04 Å². The van der Waals surface area contributed by atoms with Gasteiger partial charge in [0.15, 0.2) is 0 Å². The number of methoxy groups -OCH3 is 1. The smallest absolute Gasteiger partial charge is 0.118 e. The maximum absolute atomic E-state index is 5.99. The molecule has 0 fully saturated rings. The van der Waals surface area contributed by atoms with Gasteiger partial charge in [0.2, 0.25) is 0 Å². The van der Waals surface area contributed by atoms with Crippen molar-refractivity contribution in [2.75, 3.05) is 7.11 Å². The Morgan fingerprint density at radius 2 is 1.93 bits per heavy atom. The Bertz CT molecular complexity index is 308. The van der Waals surface area contributed by atoms with Crippen molar-refractivity contribution in [3.05, 3.63) is 42.0 Å². The first-order chi connectivity index (χ1) is 6.63. The van der Waals surface area contributed by atoms with E-state index in [0.29, 0.717) is 0 Å². The molecule has 0 aliphatic carbocycles. The third kappa shape index (κ3) is 4.36. The molecule has 0 amide bonds. The molecule has 0 radical (unpaired) electrons. The molecule has 0 heterocycles. The number of hydrogen-bond acceptors (Lipinski definition) is 2. The summed E-state index contributed by atoms with van der Waals surface area (Å²) < 4.78 is 5.07. The molecule has 1 rings (SSSR count). The van der Waals surface area contributed by atoms with Crippen LogP contribution >= 0.6 is 12.4 Å². The van der Waals surface area contributed by atoms with Crippen LogP contribution in [-0.2, 0) is 0 Å². The normalized spacial score (nSPS) is 11.4. The summed E-state index contributed by atoms with van der Waals surface area (Å²) in [5.41, 5.74) is 8.21. The van der Waals surface area contributed by atoms with E-state index in [1.807, 2.05) is 31.2 Å². The van der Waals surface area contributed by atoms with Gasteiger partial charge in [-0.2, -0.15) is 0 Å². The highest BCUT2D eigenvalue weighted by molar-refractivity contribution is 5.85. The summed E-state index contributed by atoms with van der Waals surface area (Å²) in [6.07, 6.45) is 0.826. The summed E-state index contributed by atoms with van der Waals surface area (Å²) in [7, 11) is 1.66. The van der Waals surface area contributed by atoms with Crippen LogP contribution in [0.1, 0.15) is 24.9 Å². The predicted octanol–water partition coefficient (Wildman–Crippen LogP) is 3.08. The second-order valence-electron chi connectivity index (χ2n) is 3.54. The molecule has 0 aromatic heterocycles. The molecular formula is C12H18ClNO. The minimum Gasteiger partial charge on any atom is -0.497 e. The van der Waals surface area contributed by atoms with Crippen molar-refractivity contribution in [2.45, 2.75) is 19.4 Å². The Kier molecular flexibility index (Phi) is 6.06. The van der Waals surface area contributed by atoms with E-state index in [1.165, 1.54) is 0 Å². The van der Waals surface area contributed by atoms with Crippen LogP contribution in [0.5, 0.6) is 5.75 Å². The van der Waals surface area contributed by atoms with Crippen LogP contribution in [0.15, 0.2) is 36.4 Å². The first-order valence-electron chi connectivity index (χ1n) is 4.67. The number of rotatable bonds is 4. The lowest BCUT2D eigenvalue weighted by Gasteiger charge is -2.12. The van der Waals surface area contributed by atoms with Gasteiger partial charge in [0.25, 0.3) is 0 Å². The third-order valence-corrected chi connectivity index (χ3v) is 2.11. The maximum atomic E-state index is 5.99. The maximum Gasteiger partial charge on any atom is 0.118 e. The average Bonchev–Trinajstić information content (AvgIpc) is 2.17. The molecule has 1 atom stereocenters. The number of nitrogens with two attached hydrogens (primary N) is 1. The van der Waals surface area contributed by atoms with E-state index in [9.17, 15) is 0 Å². The molecule has 0 saturated carbocycles. The van der Waals surface area contributed by atoms with Crippen molar-refractivity contribution in [3.8, 4) is 5.75 Å². The lowest BCUT2D eigenvalue weighted by molar-refractivity contribution is 0.414. The molecule has 0 aliphatic heterocycles. The van der Waals surface area contributed by atoms with Gasteiger partial charge in [-0.1, -0.05) is 17.7 Å². The highest BCUT2D eigenvalue weighted by Gasteiger charge is 2.05. The van der Waals surface area contributed by atoms with Crippen LogP contribution in [0.2, 0.25) is 0 Å². The number of benzene rings is 1. The van der Waals surface area contributed by atoms with Crippen LogP contribution in [0.3, 0.4) is 0 Å². The van der Waals surface area contributed by atoms with Gasteiger partial charge in [-0.05, 0) is 31.0 Å². The Labute approximate surface area is 97.5 Å². The fourth-order valence-corrected chi connectivity index (χ4v) is 1.34. The number of ether oxygens (including phenoxy) is 1. The van der Waals surface area contributed by atoms with Gasteiger partial charge in [-0.3, -0.25) is 0 Å². The van der Waals surface area contributed by atoms with Crippen LogP contribution in [0.25, 0.3) is 0 Å². The Morgan fingerprint density at radius 1 is 1.40 bits per heavy atom. The van der Waals surface area contributed by atoms with Crippen molar-refractivity contribution >= 4 is 12.4 Å². The molecule has 0 spiro atoms. The summed E-state index contributed by atoms with van der Waals surface area (Å²) in [6.45, 7) is 5.84. The minimum atomic E-state index is 0. The van der Waals surface area contributed by atoms with Gasteiger partial charge in [0.1, 0.15) is 5.75 Å². The van der Waals surface area contributed by atoms with Gasteiger partial charge in [0.05, 0.1) is 7.11 Å². The zero-order chi connectivity index (χ0) is 10.6. The first kappa shape index (κ1) is 14.0. The third-order valence-electron chi connectivity index (χ3n) is 2.11. The van der Waals surface area contributed by atoms with Crippen LogP contribution in [-0.4, -0.2) is 7.11 Å². The van der Waals surface area contributed by atoms with E-state index in [0.717, 1.165) is 23.3 Å². The van der Waals surface area contributed by atoms with E-state index in [2.05, 4.69) is 6.58 Å². The number of halogens is 1. The predicted molar refractivity (Wildman–Crippen MR) is 66.6 cm³/mol. The number of hydrogen-bond donors (Lipinski definition) is 1. The fraction of sp³-hybridized carbons (Fsp3) is 0.333. The molecule has 15 heavy (non-hydrogen) atoms. The van der Waals surface area contributed by atoms with Gasteiger partial charge < -0.3 is 10.5 Å².